The summed E-state index contributed by atoms with van der Waals surface area (Å²) in [4.78, 5) is 4.39. The molecule has 102 valence electrons. The molecule has 0 atom stereocenters. The average molecular weight is 259 g/mol. The Bertz CT molecular complexity index is 570. The van der Waals surface area contributed by atoms with Gasteiger partial charge in [0.15, 0.2) is 0 Å². The van der Waals surface area contributed by atoms with Crippen molar-refractivity contribution in [1.82, 2.24) is 9.55 Å². The molecule has 1 fully saturated rings. The number of hydrogen-bond acceptors (Lipinski definition) is 3. The molecule has 1 heterocycles. The lowest BCUT2D eigenvalue weighted by Gasteiger charge is -2.12. The highest BCUT2D eigenvalue weighted by Gasteiger charge is 2.15. The molecule has 0 amide bonds. The van der Waals surface area contributed by atoms with Crippen LogP contribution in [0.2, 0.25) is 0 Å². The molecule has 3 rings (SSSR count). The highest BCUT2D eigenvalue weighted by atomic mass is 16.5. The number of anilines is 1. The lowest BCUT2D eigenvalue weighted by atomic mass is 10.2. The van der Waals surface area contributed by atoms with Crippen LogP contribution in [0.25, 0.3) is 11.0 Å². The third kappa shape index (κ3) is 2.59. The molecule has 0 saturated heterocycles. The predicted molar refractivity (Wildman–Crippen MR) is 77.1 cm³/mol. The van der Waals surface area contributed by atoms with E-state index in [-0.39, 0.29) is 0 Å². The Hall–Kier alpha value is -1.55. The Balaban J connectivity index is 1.72. The summed E-state index contributed by atoms with van der Waals surface area (Å²) in [6.45, 7) is 3.58. The maximum Gasteiger partial charge on any atom is 0.201 e. The van der Waals surface area contributed by atoms with Crippen LogP contribution < -0.4 is 5.73 Å². The molecule has 4 heteroatoms. The Morgan fingerprint density at radius 1 is 1.37 bits per heavy atom. The Labute approximate surface area is 113 Å². The predicted octanol–water partition coefficient (Wildman–Crippen LogP) is 2.89. The van der Waals surface area contributed by atoms with E-state index < -0.39 is 0 Å². The zero-order valence-corrected chi connectivity index (χ0v) is 11.4. The second kappa shape index (κ2) is 5.21. The van der Waals surface area contributed by atoms with Crippen LogP contribution in [-0.2, 0) is 11.3 Å². The normalized spacial score (nSPS) is 16.5. The number of rotatable bonds is 4. The van der Waals surface area contributed by atoms with Crippen molar-refractivity contribution >= 4 is 17.0 Å². The van der Waals surface area contributed by atoms with Gasteiger partial charge < -0.3 is 15.0 Å². The highest BCUT2D eigenvalue weighted by Crippen LogP contribution is 2.22. The molecule has 19 heavy (non-hydrogen) atoms. The molecule has 2 N–H and O–H groups in total. The average Bonchev–Trinajstić information content (AvgIpc) is 2.99. The fourth-order valence-electron chi connectivity index (χ4n) is 2.85. The van der Waals surface area contributed by atoms with Crippen LogP contribution in [0.1, 0.15) is 31.2 Å². The molecular formula is C15H21N3O. The van der Waals surface area contributed by atoms with Gasteiger partial charge in [-0.1, -0.05) is 18.9 Å². The Kier molecular flexibility index (Phi) is 3.42. The van der Waals surface area contributed by atoms with Crippen LogP contribution in [0.15, 0.2) is 18.2 Å². The first kappa shape index (κ1) is 12.5. The van der Waals surface area contributed by atoms with E-state index in [1.165, 1.54) is 31.2 Å². The minimum atomic E-state index is 0.456. The van der Waals surface area contributed by atoms with Gasteiger partial charge in [0.2, 0.25) is 5.95 Å². The number of aryl methyl sites for hydroxylation is 1. The molecular weight excluding hydrogens is 238 g/mol. The second-order valence-corrected chi connectivity index (χ2v) is 5.39. The molecule has 1 aromatic carbocycles. The number of benzene rings is 1. The van der Waals surface area contributed by atoms with Gasteiger partial charge in [-0.3, -0.25) is 0 Å². The topological polar surface area (TPSA) is 53.1 Å². The lowest BCUT2D eigenvalue weighted by Crippen LogP contribution is -2.14. The first-order valence-corrected chi connectivity index (χ1v) is 7.08. The van der Waals surface area contributed by atoms with Gasteiger partial charge in [-0.15, -0.1) is 0 Å². The maximum absolute atomic E-state index is 5.99. The lowest BCUT2D eigenvalue weighted by molar-refractivity contribution is 0.0537. The van der Waals surface area contributed by atoms with Crippen LogP contribution in [0.4, 0.5) is 5.95 Å². The number of hydrogen-bond donors (Lipinski definition) is 1. The maximum atomic E-state index is 5.99. The zero-order chi connectivity index (χ0) is 13.2. The second-order valence-electron chi connectivity index (χ2n) is 5.39. The molecule has 0 radical (unpaired) electrons. The molecule has 0 aliphatic heterocycles. The van der Waals surface area contributed by atoms with E-state index >= 15 is 0 Å². The standard InChI is InChI=1S/C15H21N3O/c1-11-6-7-13-14(10-11)18(15(16)17-13)8-9-19-12-4-2-3-5-12/h6-7,10,12H,2-5,8-9H2,1H3,(H2,16,17). The van der Waals surface area contributed by atoms with E-state index in [2.05, 4.69) is 28.6 Å². The molecule has 0 unspecified atom stereocenters. The van der Waals surface area contributed by atoms with Crippen LogP contribution >= 0.6 is 0 Å². The molecule has 1 aromatic heterocycles. The summed E-state index contributed by atoms with van der Waals surface area (Å²) in [5.41, 5.74) is 9.29. The SMILES string of the molecule is Cc1ccc2nc(N)n(CCOC3CCCC3)c2c1. The molecule has 1 aliphatic carbocycles. The fourth-order valence-corrected chi connectivity index (χ4v) is 2.85. The van der Waals surface area contributed by atoms with Crippen molar-refractivity contribution in [2.24, 2.45) is 0 Å². The van der Waals surface area contributed by atoms with Crippen molar-refractivity contribution in [3.63, 3.8) is 0 Å². The summed E-state index contributed by atoms with van der Waals surface area (Å²) in [6, 6.07) is 6.22. The minimum Gasteiger partial charge on any atom is -0.376 e. The third-order valence-electron chi connectivity index (χ3n) is 3.90. The number of imidazole rings is 1. The summed E-state index contributed by atoms with van der Waals surface area (Å²) in [5.74, 6) is 0.579. The van der Waals surface area contributed by atoms with Gasteiger partial charge >= 0.3 is 0 Å². The third-order valence-corrected chi connectivity index (χ3v) is 3.90. The Morgan fingerprint density at radius 2 is 2.16 bits per heavy atom. The van der Waals surface area contributed by atoms with E-state index in [1.54, 1.807) is 0 Å². The molecule has 2 aromatic rings. The summed E-state index contributed by atoms with van der Waals surface area (Å²) in [5, 5.41) is 0. The first-order valence-electron chi connectivity index (χ1n) is 7.08. The number of ether oxygens (including phenoxy) is 1. The van der Waals surface area contributed by atoms with Crippen molar-refractivity contribution < 1.29 is 4.74 Å². The molecule has 0 spiro atoms. The molecule has 4 nitrogen and oxygen atoms in total. The van der Waals surface area contributed by atoms with Crippen molar-refractivity contribution in [2.45, 2.75) is 45.3 Å². The van der Waals surface area contributed by atoms with E-state index in [4.69, 9.17) is 10.5 Å². The van der Waals surface area contributed by atoms with E-state index in [0.29, 0.717) is 18.7 Å². The van der Waals surface area contributed by atoms with Gasteiger partial charge in [-0.25, -0.2) is 4.98 Å². The summed E-state index contributed by atoms with van der Waals surface area (Å²) in [6.07, 6.45) is 5.48. The molecule has 0 bridgehead atoms. The first-order chi connectivity index (χ1) is 9.24. The smallest absolute Gasteiger partial charge is 0.201 e. The number of aromatic nitrogens is 2. The fraction of sp³-hybridized carbons (Fsp3) is 0.533. The Morgan fingerprint density at radius 3 is 2.95 bits per heavy atom. The van der Waals surface area contributed by atoms with Crippen LogP contribution in [-0.4, -0.2) is 22.3 Å². The minimum absolute atomic E-state index is 0.456. The number of nitrogens with zero attached hydrogens (tertiary/aromatic N) is 2. The molecule has 1 aliphatic rings. The van der Waals surface area contributed by atoms with E-state index in [9.17, 15) is 0 Å². The number of nitrogen functional groups attached to an aromatic ring is 1. The van der Waals surface area contributed by atoms with Crippen molar-refractivity contribution in [2.75, 3.05) is 12.3 Å². The highest BCUT2D eigenvalue weighted by molar-refractivity contribution is 5.79. The van der Waals surface area contributed by atoms with Gasteiger partial charge in [0.1, 0.15) is 0 Å². The monoisotopic (exact) mass is 259 g/mol. The van der Waals surface area contributed by atoms with Crippen LogP contribution in [0, 0.1) is 6.92 Å². The summed E-state index contributed by atoms with van der Waals surface area (Å²) >= 11 is 0. The largest absolute Gasteiger partial charge is 0.376 e. The van der Waals surface area contributed by atoms with Gasteiger partial charge in [-0.05, 0) is 37.5 Å². The summed E-state index contributed by atoms with van der Waals surface area (Å²) in [7, 11) is 0. The molecule has 1 saturated carbocycles. The van der Waals surface area contributed by atoms with E-state index in [0.717, 1.165) is 17.6 Å². The quantitative estimate of drug-likeness (QED) is 0.918. The summed E-state index contributed by atoms with van der Waals surface area (Å²) < 4.78 is 7.96. The number of nitrogens with two attached hydrogens (primary N) is 1. The van der Waals surface area contributed by atoms with E-state index in [1.807, 2.05) is 6.07 Å². The van der Waals surface area contributed by atoms with Crippen molar-refractivity contribution in [1.29, 1.82) is 0 Å². The zero-order valence-electron chi connectivity index (χ0n) is 11.4. The van der Waals surface area contributed by atoms with Gasteiger partial charge in [-0.2, -0.15) is 0 Å². The van der Waals surface area contributed by atoms with Crippen LogP contribution in [0.5, 0.6) is 0 Å². The van der Waals surface area contributed by atoms with Gasteiger partial charge in [0, 0.05) is 6.54 Å². The van der Waals surface area contributed by atoms with Crippen molar-refractivity contribution in [3.05, 3.63) is 23.8 Å². The van der Waals surface area contributed by atoms with Gasteiger partial charge in [0.05, 0.1) is 23.7 Å². The van der Waals surface area contributed by atoms with Gasteiger partial charge in [0.25, 0.3) is 0 Å². The van der Waals surface area contributed by atoms with Crippen molar-refractivity contribution in [3.8, 4) is 0 Å². The number of fused-ring (bicyclic) bond motifs is 1. The van der Waals surface area contributed by atoms with Crippen LogP contribution in [0.3, 0.4) is 0 Å².